The maximum Gasteiger partial charge on any atom is 0.0125 e. The van der Waals surface area contributed by atoms with E-state index in [9.17, 15) is 0 Å². The maximum atomic E-state index is 3.81. The summed E-state index contributed by atoms with van der Waals surface area (Å²) in [7, 11) is 0. The van der Waals surface area contributed by atoms with Gasteiger partial charge in [0, 0.05) is 12.6 Å². The second-order valence-corrected chi connectivity index (χ2v) is 6.63. The smallest absolute Gasteiger partial charge is 0.0125 e. The molecule has 1 saturated carbocycles. The summed E-state index contributed by atoms with van der Waals surface area (Å²) in [6.45, 7) is 10.8. The van der Waals surface area contributed by atoms with Gasteiger partial charge in [-0.1, -0.05) is 27.2 Å². The molecule has 1 saturated heterocycles. The van der Waals surface area contributed by atoms with E-state index in [0.29, 0.717) is 10.8 Å². The molecule has 2 rings (SSSR count). The molecule has 2 N–H and O–H groups in total. The third-order valence-electron chi connectivity index (χ3n) is 4.68. The van der Waals surface area contributed by atoms with Gasteiger partial charge in [0.1, 0.15) is 0 Å². The van der Waals surface area contributed by atoms with Crippen molar-refractivity contribution in [2.45, 2.75) is 58.9 Å². The average Bonchev–Trinajstić information content (AvgIpc) is 2.86. The zero-order valence-electron chi connectivity index (χ0n) is 11.2. The Morgan fingerprint density at radius 1 is 1.25 bits per heavy atom. The summed E-state index contributed by atoms with van der Waals surface area (Å²) in [4.78, 5) is 0. The molecule has 1 aliphatic heterocycles. The van der Waals surface area contributed by atoms with Gasteiger partial charge in [-0.25, -0.2) is 0 Å². The Hall–Kier alpha value is -0.0800. The largest absolute Gasteiger partial charge is 0.317 e. The van der Waals surface area contributed by atoms with Gasteiger partial charge in [-0.3, -0.25) is 0 Å². The Kier molecular flexibility index (Phi) is 3.60. The van der Waals surface area contributed by atoms with Crippen LogP contribution in [0.3, 0.4) is 0 Å². The van der Waals surface area contributed by atoms with Gasteiger partial charge >= 0.3 is 0 Å². The molecule has 1 unspecified atom stereocenters. The molecule has 1 atom stereocenters. The Bertz CT molecular complexity index is 223. The first-order valence-electron chi connectivity index (χ1n) is 7.02. The van der Waals surface area contributed by atoms with E-state index in [4.69, 9.17) is 0 Å². The molecule has 2 aliphatic rings. The fourth-order valence-electron chi connectivity index (χ4n) is 3.16. The second-order valence-electron chi connectivity index (χ2n) is 6.63. The summed E-state index contributed by atoms with van der Waals surface area (Å²) in [6.07, 6.45) is 6.82. The lowest BCUT2D eigenvalue weighted by atomic mass is 9.75. The highest BCUT2D eigenvalue weighted by atomic mass is 15.0. The van der Waals surface area contributed by atoms with Gasteiger partial charge < -0.3 is 10.6 Å². The summed E-state index contributed by atoms with van der Waals surface area (Å²) in [6, 6.07) is 0.788. The third-order valence-corrected chi connectivity index (χ3v) is 4.68. The maximum absolute atomic E-state index is 3.81. The van der Waals surface area contributed by atoms with Gasteiger partial charge in [0.15, 0.2) is 0 Å². The second kappa shape index (κ2) is 4.66. The van der Waals surface area contributed by atoms with Crippen LogP contribution in [0.5, 0.6) is 0 Å². The minimum absolute atomic E-state index is 0.570. The van der Waals surface area contributed by atoms with Crippen molar-refractivity contribution >= 4 is 0 Å². The van der Waals surface area contributed by atoms with Crippen LogP contribution in [-0.4, -0.2) is 25.7 Å². The lowest BCUT2D eigenvalue weighted by molar-refractivity contribution is 0.173. The van der Waals surface area contributed by atoms with Crippen molar-refractivity contribution in [3.05, 3.63) is 0 Å². The first kappa shape index (κ1) is 12.4. The van der Waals surface area contributed by atoms with E-state index in [2.05, 4.69) is 31.4 Å². The monoisotopic (exact) mass is 224 g/mol. The molecule has 94 valence electrons. The summed E-state index contributed by atoms with van der Waals surface area (Å²) >= 11 is 0. The predicted octanol–water partition coefficient (Wildman–Crippen LogP) is 2.54. The Labute approximate surface area is 101 Å². The molecular formula is C14H28N2. The summed E-state index contributed by atoms with van der Waals surface area (Å²) in [5.74, 6) is 0. The van der Waals surface area contributed by atoms with Crippen molar-refractivity contribution in [2.24, 2.45) is 10.8 Å². The van der Waals surface area contributed by atoms with Crippen molar-refractivity contribution in [1.29, 1.82) is 0 Å². The molecule has 1 heterocycles. The quantitative estimate of drug-likeness (QED) is 0.750. The Morgan fingerprint density at radius 3 is 2.38 bits per heavy atom. The van der Waals surface area contributed by atoms with Crippen LogP contribution in [-0.2, 0) is 0 Å². The van der Waals surface area contributed by atoms with Crippen LogP contribution in [0.15, 0.2) is 0 Å². The molecule has 0 bridgehead atoms. The minimum Gasteiger partial charge on any atom is -0.317 e. The molecule has 0 amide bonds. The number of hydrogen-bond donors (Lipinski definition) is 2. The van der Waals surface area contributed by atoms with Crippen LogP contribution in [0, 0.1) is 10.8 Å². The first-order valence-corrected chi connectivity index (χ1v) is 7.02. The fourth-order valence-corrected chi connectivity index (χ4v) is 3.16. The van der Waals surface area contributed by atoms with Gasteiger partial charge in [-0.15, -0.1) is 0 Å². The normalized spacial score (nSPS) is 31.3. The van der Waals surface area contributed by atoms with Gasteiger partial charge in [0.25, 0.3) is 0 Å². The van der Waals surface area contributed by atoms with Crippen molar-refractivity contribution in [1.82, 2.24) is 10.6 Å². The minimum atomic E-state index is 0.570. The van der Waals surface area contributed by atoms with E-state index in [-0.39, 0.29) is 0 Å². The molecule has 0 radical (unpaired) electrons. The molecule has 16 heavy (non-hydrogen) atoms. The topological polar surface area (TPSA) is 24.1 Å². The van der Waals surface area contributed by atoms with Crippen LogP contribution in [0.1, 0.15) is 52.9 Å². The summed E-state index contributed by atoms with van der Waals surface area (Å²) in [5.41, 5.74) is 1.17. The van der Waals surface area contributed by atoms with Gasteiger partial charge in [0.2, 0.25) is 0 Å². The Balaban J connectivity index is 1.82. The molecule has 1 aliphatic carbocycles. The molecule has 2 fully saturated rings. The standard InChI is InChI=1S/C14H28N2/c1-4-5-14(6-8-15-9-7-14)11-16-12-10-13(12,2)3/h12,15-16H,4-11H2,1-3H3. The zero-order valence-corrected chi connectivity index (χ0v) is 11.2. The van der Waals surface area contributed by atoms with Crippen LogP contribution in [0.2, 0.25) is 0 Å². The van der Waals surface area contributed by atoms with Gasteiger partial charge in [-0.05, 0) is 49.6 Å². The van der Waals surface area contributed by atoms with Crippen molar-refractivity contribution < 1.29 is 0 Å². The van der Waals surface area contributed by atoms with Crippen molar-refractivity contribution in [3.63, 3.8) is 0 Å². The number of nitrogens with one attached hydrogen (secondary N) is 2. The molecular weight excluding hydrogens is 196 g/mol. The molecule has 2 heteroatoms. The van der Waals surface area contributed by atoms with E-state index in [0.717, 1.165) is 6.04 Å². The number of piperidine rings is 1. The van der Waals surface area contributed by atoms with Crippen LogP contribution < -0.4 is 10.6 Å². The molecule has 0 spiro atoms. The fraction of sp³-hybridized carbons (Fsp3) is 1.00. The van der Waals surface area contributed by atoms with Crippen molar-refractivity contribution in [2.75, 3.05) is 19.6 Å². The van der Waals surface area contributed by atoms with Gasteiger partial charge in [0.05, 0.1) is 0 Å². The predicted molar refractivity (Wildman–Crippen MR) is 69.6 cm³/mol. The average molecular weight is 224 g/mol. The molecule has 0 aromatic heterocycles. The highest BCUT2D eigenvalue weighted by Crippen LogP contribution is 2.45. The summed E-state index contributed by atoms with van der Waals surface area (Å²) in [5, 5.41) is 7.30. The van der Waals surface area contributed by atoms with E-state index < -0.39 is 0 Å². The van der Waals surface area contributed by atoms with E-state index >= 15 is 0 Å². The molecule has 2 nitrogen and oxygen atoms in total. The van der Waals surface area contributed by atoms with E-state index in [1.165, 1.54) is 51.7 Å². The van der Waals surface area contributed by atoms with Crippen LogP contribution in [0.4, 0.5) is 0 Å². The third kappa shape index (κ3) is 2.78. The Morgan fingerprint density at radius 2 is 1.88 bits per heavy atom. The van der Waals surface area contributed by atoms with Gasteiger partial charge in [-0.2, -0.15) is 0 Å². The SMILES string of the molecule is CCCC1(CNC2CC2(C)C)CCNCC1. The number of hydrogen-bond acceptors (Lipinski definition) is 2. The van der Waals surface area contributed by atoms with Crippen LogP contribution in [0.25, 0.3) is 0 Å². The lowest BCUT2D eigenvalue weighted by Gasteiger charge is -2.38. The molecule has 0 aromatic carbocycles. The van der Waals surface area contributed by atoms with Crippen LogP contribution >= 0.6 is 0 Å². The highest BCUT2D eigenvalue weighted by molar-refractivity contribution is 5.02. The van der Waals surface area contributed by atoms with Crippen molar-refractivity contribution in [3.8, 4) is 0 Å². The van der Waals surface area contributed by atoms with E-state index in [1.54, 1.807) is 0 Å². The molecule has 0 aromatic rings. The summed E-state index contributed by atoms with van der Waals surface area (Å²) < 4.78 is 0. The first-order chi connectivity index (χ1) is 7.58. The highest BCUT2D eigenvalue weighted by Gasteiger charge is 2.46. The van der Waals surface area contributed by atoms with E-state index in [1.807, 2.05) is 0 Å². The number of rotatable bonds is 5. The zero-order chi connectivity index (χ0) is 11.6. The lowest BCUT2D eigenvalue weighted by Crippen LogP contribution is -2.44.